The lowest BCUT2D eigenvalue weighted by molar-refractivity contribution is 0.219. The molecule has 2 rings (SSSR count). The molecule has 1 atom stereocenters. The maximum atomic E-state index is 6.14. The quantitative estimate of drug-likeness (QED) is 0.806. The Hall–Kier alpha value is -1.06. The van der Waals surface area contributed by atoms with Crippen molar-refractivity contribution < 1.29 is 4.74 Å². The maximum absolute atomic E-state index is 6.14. The normalized spacial score (nSPS) is 19.3. The summed E-state index contributed by atoms with van der Waals surface area (Å²) >= 11 is 0. The van der Waals surface area contributed by atoms with Gasteiger partial charge in [-0.1, -0.05) is 18.2 Å². The summed E-state index contributed by atoms with van der Waals surface area (Å²) in [5.41, 5.74) is 6.14. The highest BCUT2D eigenvalue weighted by Crippen LogP contribution is 2.16. The number of nitrogens with one attached hydrogen (secondary N) is 1. The number of hydrogen-bond donors (Lipinski definition) is 2. The largest absolute Gasteiger partial charge is 0.492 e. The molecule has 1 saturated heterocycles. The molecule has 0 spiro atoms. The molecule has 0 aromatic heterocycles. The fourth-order valence-electron chi connectivity index (χ4n) is 2.12. The average Bonchev–Trinajstić information content (AvgIpc) is 2.38. The maximum Gasteiger partial charge on any atom is 0.119 e. The van der Waals surface area contributed by atoms with E-state index in [-0.39, 0.29) is 6.04 Å². The third kappa shape index (κ3) is 3.22. The summed E-state index contributed by atoms with van der Waals surface area (Å²) in [6.07, 6.45) is 2.33. The number of benzene rings is 1. The summed E-state index contributed by atoms with van der Waals surface area (Å²) in [4.78, 5) is 0. The number of nitrogens with two attached hydrogens (primary N) is 1. The third-order valence-corrected chi connectivity index (χ3v) is 3.17. The van der Waals surface area contributed by atoms with Crippen molar-refractivity contribution in [2.24, 2.45) is 11.7 Å². The molecule has 88 valence electrons. The monoisotopic (exact) mass is 220 g/mol. The van der Waals surface area contributed by atoms with Crippen LogP contribution in [0.2, 0.25) is 0 Å². The first kappa shape index (κ1) is 11.4. The van der Waals surface area contributed by atoms with E-state index in [0.717, 1.165) is 18.8 Å². The molecule has 0 saturated carbocycles. The molecule has 1 aliphatic heterocycles. The van der Waals surface area contributed by atoms with Gasteiger partial charge in [-0.15, -0.1) is 0 Å². The Morgan fingerprint density at radius 3 is 2.62 bits per heavy atom. The van der Waals surface area contributed by atoms with Crippen LogP contribution in [0.1, 0.15) is 12.8 Å². The highest BCUT2D eigenvalue weighted by Gasteiger charge is 2.20. The van der Waals surface area contributed by atoms with E-state index in [4.69, 9.17) is 10.5 Å². The Balaban J connectivity index is 1.76. The van der Waals surface area contributed by atoms with Crippen molar-refractivity contribution in [3.8, 4) is 5.75 Å². The van der Waals surface area contributed by atoms with Gasteiger partial charge in [0.2, 0.25) is 0 Å². The summed E-state index contributed by atoms with van der Waals surface area (Å²) < 4.78 is 5.68. The van der Waals surface area contributed by atoms with Gasteiger partial charge in [0, 0.05) is 6.04 Å². The molecule has 0 amide bonds. The Bertz CT molecular complexity index is 296. The van der Waals surface area contributed by atoms with Crippen molar-refractivity contribution >= 4 is 0 Å². The molecule has 1 aromatic carbocycles. The fourth-order valence-corrected chi connectivity index (χ4v) is 2.12. The van der Waals surface area contributed by atoms with Gasteiger partial charge in [0.1, 0.15) is 12.4 Å². The molecular weight excluding hydrogens is 200 g/mol. The van der Waals surface area contributed by atoms with Crippen molar-refractivity contribution in [1.82, 2.24) is 5.32 Å². The first-order valence-electron chi connectivity index (χ1n) is 6.00. The molecule has 1 unspecified atom stereocenters. The minimum Gasteiger partial charge on any atom is -0.492 e. The molecule has 3 heteroatoms. The van der Waals surface area contributed by atoms with E-state index in [2.05, 4.69) is 5.32 Å². The smallest absolute Gasteiger partial charge is 0.119 e. The predicted molar refractivity (Wildman–Crippen MR) is 65.5 cm³/mol. The van der Waals surface area contributed by atoms with E-state index in [0.29, 0.717) is 12.5 Å². The average molecular weight is 220 g/mol. The van der Waals surface area contributed by atoms with E-state index < -0.39 is 0 Å². The lowest BCUT2D eigenvalue weighted by Gasteiger charge is -2.27. The molecule has 1 fully saturated rings. The van der Waals surface area contributed by atoms with Gasteiger partial charge in [-0.2, -0.15) is 0 Å². The van der Waals surface area contributed by atoms with Crippen molar-refractivity contribution in [1.29, 1.82) is 0 Å². The molecule has 0 aliphatic carbocycles. The summed E-state index contributed by atoms with van der Waals surface area (Å²) in [6.45, 7) is 2.79. The number of rotatable bonds is 4. The van der Waals surface area contributed by atoms with Gasteiger partial charge in [-0.05, 0) is 44.0 Å². The van der Waals surface area contributed by atoms with Crippen LogP contribution in [-0.2, 0) is 0 Å². The number of ether oxygens (including phenoxy) is 1. The van der Waals surface area contributed by atoms with Crippen LogP contribution < -0.4 is 15.8 Å². The van der Waals surface area contributed by atoms with Crippen LogP contribution in [0.15, 0.2) is 30.3 Å². The van der Waals surface area contributed by atoms with Crippen LogP contribution in [0.4, 0.5) is 0 Å². The molecule has 0 bridgehead atoms. The number of piperidine rings is 1. The van der Waals surface area contributed by atoms with Gasteiger partial charge in [-0.25, -0.2) is 0 Å². The number of para-hydroxylation sites is 1. The Morgan fingerprint density at radius 1 is 1.25 bits per heavy atom. The van der Waals surface area contributed by atoms with Gasteiger partial charge in [-0.3, -0.25) is 0 Å². The molecule has 16 heavy (non-hydrogen) atoms. The minimum absolute atomic E-state index is 0.155. The Morgan fingerprint density at radius 2 is 1.94 bits per heavy atom. The zero-order chi connectivity index (χ0) is 11.2. The van der Waals surface area contributed by atoms with Gasteiger partial charge >= 0.3 is 0 Å². The molecule has 1 aliphatic rings. The predicted octanol–water partition coefficient (Wildman–Crippen LogP) is 1.39. The topological polar surface area (TPSA) is 47.3 Å². The SMILES string of the molecule is NC(COc1ccccc1)C1CCNCC1. The summed E-state index contributed by atoms with van der Waals surface area (Å²) in [5, 5.41) is 3.35. The lowest BCUT2D eigenvalue weighted by Crippen LogP contribution is -2.41. The molecule has 3 nitrogen and oxygen atoms in total. The molecule has 0 radical (unpaired) electrons. The molecular formula is C13H20N2O. The molecule has 3 N–H and O–H groups in total. The van der Waals surface area contributed by atoms with Crippen molar-refractivity contribution in [3.63, 3.8) is 0 Å². The zero-order valence-electron chi connectivity index (χ0n) is 9.56. The first-order chi connectivity index (χ1) is 7.86. The Labute approximate surface area is 97.0 Å². The second-order valence-corrected chi connectivity index (χ2v) is 4.38. The van der Waals surface area contributed by atoms with Crippen LogP contribution >= 0.6 is 0 Å². The van der Waals surface area contributed by atoms with E-state index in [9.17, 15) is 0 Å². The molecule has 1 aromatic rings. The van der Waals surface area contributed by atoms with Gasteiger partial charge in [0.05, 0.1) is 0 Å². The van der Waals surface area contributed by atoms with Crippen molar-refractivity contribution in [3.05, 3.63) is 30.3 Å². The van der Waals surface area contributed by atoms with Gasteiger partial charge in [0.15, 0.2) is 0 Å². The van der Waals surface area contributed by atoms with Crippen molar-refractivity contribution in [2.45, 2.75) is 18.9 Å². The van der Waals surface area contributed by atoms with E-state index in [1.165, 1.54) is 12.8 Å². The van der Waals surface area contributed by atoms with E-state index >= 15 is 0 Å². The standard InChI is InChI=1S/C13H20N2O/c14-13(11-6-8-15-9-7-11)10-16-12-4-2-1-3-5-12/h1-5,11,13,15H,6-10,14H2. The van der Waals surface area contributed by atoms with Gasteiger partial charge in [0.25, 0.3) is 0 Å². The molecule has 1 heterocycles. The first-order valence-corrected chi connectivity index (χ1v) is 6.00. The van der Waals surface area contributed by atoms with Crippen LogP contribution in [0, 0.1) is 5.92 Å². The fraction of sp³-hybridized carbons (Fsp3) is 0.538. The van der Waals surface area contributed by atoms with Crippen LogP contribution in [0.3, 0.4) is 0 Å². The minimum atomic E-state index is 0.155. The Kier molecular flexibility index (Phi) is 4.19. The van der Waals surface area contributed by atoms with Gasteiger partial charge < -0.3 is 15.8 Å². The van der Waals surface area contributed by atoms with E-state index in [1.807, 2.05) is 30.3 Å². The zero-order valence-corrected chi connectivity index (χ0v) is 9.56. The number of hydrogen-bond acceptors (Lipinski definition) is 3. The summed E-state index contributed by atoms with van der Waals surface area (Å²) in [5.74, 6) is 1.51. The summed E-state index contributed by atoms with van der Waals surface area (Å²) in [6, 6.07) is 10.0. The van der Waals surface area contributed by atoms with Crippen LogP contribution in [0.5, 0.6) is 5.75 Å². The second kappa shape index (κ2) is 5.87. The lowest BCUT2D eigenvalue weighted by atomic mass is 9.91. The highest BCUT2D eigenvalue weighted by molar-refractivity contribution is 5.20. The summed E-state index contributed by atoms with van der Waals surface area (Å²) in [7, 11) is 0. The highest BCUT2D eigenvalue weighted by atomic mass is 16.5. The van der Waals surface area contributed by atoms with Crippen molar-refractivity contribution in [2.75, 3.05) is 19.7 Å². The third-order valence-electron chi connectivity index (χ3n) is 3.17. The van der Waals surface area contributed by atoms with E-state index in [1.54, 1.807) is 0 Å². The van der Waals surface area contributed by atoms with Crippen LogP contribution in [-0.4, -0.2) is 25.7 Å². The van der Waals surface area contributed by atoms with Crippen LogP contribution in [0.25, 0.3) is 0 Å². The second-order valence-electron chi connectivity index (χ2n) is 4.38.